The second-order valence-electron chi connectivity index (χ2n) is 12.1. The Morgan fingerprint density at radius 3 is 2.67 bits per heavy atom. The van der Waals surface area contributed by atoms with Crippen LogP contribution in [0.15, 0.2) is 46.0 Å². The Morgan fingerprint density at radius 2 is 2.00 bits per heavy atom. The molecule has 3 aliphatic heterocycles. The number of carboxylic acids is 1. The highest BCUT2D eigenvalue weighted by Crippen LogP contribution is 2.47. The molecule has 6 rings (SSSR count). The Hall–Kier alpha value is -3.78. The molecule has 3 atom stereocenters. The van der Waals surface area contributed by atoms with Crippen LogP contribution in [0.25, 0.3) is 0 Å². The van der Waals surface area contributed by atoms with E-state index in [-0.39, 0.29) is 48.9 Å². The van der Waals surface area contributed by atoms with E-state index in [4.69, 9.17) is 9.73 Å². The van der Waals surface area contributed by atoms with Gasteiger partial charge in [0.1, 0.15) is 17.8 Å². The number of hydrogen-bond acceptors (Lipinski definition) is 9. The first-order valence-electron chi connectivity index (χ1n) is 15.0. The smallest absolute Gasteiger partial charge is 0.338 e. The van der Waals surface area contributed by atoms with Gasteiger partial charge in [0.25, 0.3) is 5.92 Å². The fraction of sp³-hybridized carbons (Fsp3) is 0.516. The number of aliphatic imine (C=N–C) groups is 1. The summed E-state index contributed by atoms with van der Waals surface area (Å²) in [4.78, 5) is 51.0. The number of fused-ring (bicyclic) bond motifs is 1. The second-order valence-corrected chi connectivity index (χ2v) is 13.0. The van der Waals surface area contributed by atoms with Gasteiger partial charge in [0.05, 0.1) is 24.1 Å². The summed E-state index contributed by atoms with van der Waals surface area (Å²) in [7, 11) is 0. The molecule has 10 nitrogen and oxygen atoms in total. The molecule has 0 bridgehead atoms. The van der Waals surface area contributed by atoms with Gasteiger partial charge in [-0.3, -0.25) is 19.5 Å². The first-order valence-corrected chi connectivity index (χ1v) is 15.9. The summed E-state index contributed by atoms with van der Waals surface area (Å²) in [6, 6.07) is 2.53. The number of amidine groups is 1. The Bertz CT molecular complexity index is 1570. The highest BCUT2D eigenvalue weighted by atomic mass is 32.1. The van der Waals surface area contributed by atoms with Crippen molar-refractivity contribution in [3.8, 4) is 0 Å². The van der Waals surface area contributed by atoms with E-state index in [1.165, 1.54) is 33.3 Å². The highest BCUT2D eigenvalue weighted by molar-refractivity contribution is 7.11. The second kappa shape index (κ2) is 11.9. The molecule has 1 saturated carbocycles. The van der Waals surface area contributed by atoms with E-state index in [9.17, 15) is 23.9 Å². The normalized spacial score (nSPS) is 25.7. The van der Waals surface area contributed by atoms with Crippen molar-refractivity contribution in [3.63, 3.8) is 0 Å². The van der Waals surface area contributed by atoms with Crippen molar-refractivity contribution in [3.05, 3.63) is 63.0 Å². The third kappa shape index (κ3) is 5.51. The van der Waals surface area contributed by atoms with Gasteiger partial charge in [0.2, 0.25) is 5.91 Å². The first-order chi connectivity index (χ1) is 21.5. The number of carbonyl (C=O) groups excluding carboxylic acids is 2. The molecule has 240 valence electrons. The van der Waals surface area contributed by atoms with Gasteiger partial charge >= 0.3 is 11.9 Å². The number of halogens is 3. The molecule has 1 amide bonds. The number of nitrogens with zero attached hydrogens (tertiary/aromatic N) is 4. The molecular formula is C31H34F3N5O5S. The highest BCUT2D eigenvalue weighted by Gasteiger charge is 2.63. The molecule has 0 unspecified atom stereocenters. The molecule has 3 fully saturated rings. The van der Waals surface area contributed by atoms with Crippen LogP contribution in [0, 0.1) is 24.1 Å². The number of alkyl halides is 2. The van der Waals surface area contributed by atoms with E-state index < -0.39 is 59.5 Å². The number of benzene rings is 1. The van der Waals surface area contributed by atoms with Crippen molar-refractivity contribution in [2.24, 2.45) is 16.3 Å². The van der Waals surface area contributed by atoms with Crippen molar-refractivity contribution in [1.29, 1.82) is 0 Å². The number of ether oxygens (including phenoxy) is 1. The summed E-state index contributed by atoms with van der Waals surface area (Å²) < 4.78 is 51.4. The van der Waals surface area contributed by atoms with Crippen molar-refractivity contribution in [2.45, 2.75) is 57.5 Å². The van der Waals surface area contributed by atoms with Gasteiger partial charge in [0, 0.05) is 43.0 Å². The molecule has 2 N–H and O–H groups in total. The summed E-state index contributed by atoms with van der Waals surface area (Å²) in [5, 5.41) is 15.3. The number of likely N-dealkylation sites (tertiary alicyclic amines) is 2. The quantitative estimate of drug-likeness (QED) is 0.394. The van der Waals surface area contributed by atoms with Gasteiger partial charge in [-0.15, -0.1) is 11.3 Å². The topological polar surface area (TPSA) is 124 Å². The Labute approximate surface area is 262 Å². The minimum Gasteiger partial charge on any atom is -0.481 e. The van der Waals surface area contributed by atoms with Gasteiger partial charge in [-0.25, -0.2) is 22.9 Å². The maximum Gasteiger partial charge on any atom is 0.338 e. The fourth-order valence-corrected chi connectivity index (χ4v) is 7.78. The lowest BCUT2D eigenvalue weighted by Gasteiger charge is -2.33. The molecule has 4 heterocycles. The number of rotatable bonds is 9. The van der Waals surface area contributed by atoms with Crippen LogP contribution in [0.1, 0.15) is 54.8 Å². The Balaban J connectivity index is 1.38. The molecule has 45 heavy (non-hydrogen) atoms. The van der Waals surface area contributed by atoms with Crippen LogP contribution in [-0.4, -0.2) is 88.3 Å². The van der Waals surface area contributed by atoms with Crippen molar-refractivity contribution in [2.75, 3.05) is 32.8 Å². The summed E-state index contributed by atoms with van der Waals surface area (Å²) in [6.07, 6.45) is 3.77. The van der Waals surface area contributed by atoms with E-state index in [1.54, 1.807) is 31.5 Å². The van der Waals surface area contributed by atoms with Gasteiger partial charge in [-0.05, 0) is 43.9 Å². The monoisotopic (exact) mass is 645 g/mol. The maximum absolute atomic E-state index is 15.6. The number of amides is 1. The molecular weight excluding hydrogens is 611 g/mol. The lowest BCUT2D eigenvalue weighted by molar-refractivity contribution is -0.152. The summed E-state index contributed by atoms with van der Waals surface area (Å²) >= 11 is 1.28. The lowest BCUT2D eigenvalue weighted by Crippen LogP contribution is -2.46. The summed E-state index contributed by atoms with van der Waals surface area (Å²) in [5.41, 5.74) is -0.170. The van der Waals surface area contributed by atoms with E-state index >= 15 is 8.78 Å². The van der Waals surface area contributed by atoms with E-state index in [1.807, 2.05) is 0 Å². The van der Waals surface area contributed by atoms with Crippen LogP contribution >= 0.6 is 11.3 Å². The van der Waals surface area contributed by atoms with Crippen LogP contribution in [0.2, 0.25) is 0 Å². The lowest BCUT2D eigenvalue weighted by atomic mass is 9.85. The van der Waals surface area contributed by atoms with Crippen LogP contribution in [-0.2, 0) is 19.1 Å². The van der Waals surface area contributed by atoms with E-state index in [2.05, 4.69) is 10.3 Å². The molecule has 2 aromatic rings. The van der Waals surface area contributed by atoms with Crippen molar-refractivity contribution < 1.29 is 37.4 Å². The molecule has 0 spiro atoms. The average Bonchev–Trinajstić information content (AvgIpc) is 3.79. The molecule has 1 aliphatic carbocycles. The number of nitrogens with one attached hydrogen (secondary N) is 1. The van der Waals surface area contributed by atoms with Gasteiger partial charge in [-0.1, -0.05) is 25.0 Å². The standard InChI is InChI=1S/C31H34F3N5O5S/c1-3-44-28(41)22-20(36-25(26-35-11-12-45-26)37-24(22)18-7-6-8-19(32)17(18)2)13-38-16-31(33,34)23-21(38)14-39(27(23)40)15-30(29(42)43)9-4-5-10-30/h6-8,11-12,21,23-24H,3-5,9-10,13-16H2,1-2H3,(H,36,37)(H,42,43)/t21-,23-,24-/m0/s1. The minimum atomic E-state index is -3.38. The molecule has 4 aliphatic rings. The largest absolute Gasteiger partial charge is 0.481 e. The van der Waals surface area contributed by atoms with Crippen molar-refractivity contribution >= 4 is 35.0 Å². The predicted molar refractivity (Wildman–Crippen MR) is 158 cm³/mol. The molecule has 14 heteroatoms. The molecule has 1 aromatic carbocycles. The fourth-order valence-electron chi connectivity index (χ4n) is 7.20. The number of hydrogen-bond donors (Lipinski definition) is 2. The minimum absolute atomic E-state index is 0.0365. The predicted octanol–water partition coefficient (Wildman–Crippen LogP) is 3.92. The van der Waals surface area contributed by atoms with E-state index in [0.29, 0.717) is 36.3 Å². The molecule has 1 aromatic heterocycles. The van der Waals surface area contributed by atoms with E-state index in [0.717, 1.165) is 0 Å². The zero-order valence-electron chi connectivity index (χ0n) is 24.9. The van der Waals surface area contributed by atoms with Gasteiger partial charge < -0.3 is 20.1 Å². The zero-order valence-corrected chi connectivity index (χ0v) is 25.7. The number of aliphatic carboxylic acids is 1. The third-order valence-corrected chi connectivity index (χ3v) is 10.2. The van der Waals surface area contributed by atoms with Crippen LogP contribution < -0.4 is 5.32 Å². The number of carboxylic acid groups (broad SMARTS) is 1. The maximum atomic E-state index is 15.6. The molecule has 2 saturated heterocycles. The van der Waals surface area contributed by atoms with Gasteiger partial charge in [-0.2, -0.15) is 0 Å². The average molecular weight is 646 g/mol. The van der Waals surface area contributed by atoms with Crippen LogP contribution in [0.4, 0.5) is 13.2 Å². The third-order valence-electron chi connectivity index (χ3n) is 9.44. The number of aromatic nitrogens is 1. The number of esters is 1. The van der Waals surface area contributed by atoms with Crippen LogP contribution in [0.3, 0.4) is 0 Å². The number of carbonyl (C=O) groups is 3. The zero-order chi connectivity index (χ0) is 32.1. The number of thiazole rings is 1. The SMILES string of the molecule is CCOC(=O)C1=C(CN2CC(F)(F)[C@@H]3C(=O)N(CC4(C(=O)O)CCCC4)C[C@@H]32)NC(c2nccs2)=N[C@H]1c1cccc(F)c1C. The first kappa shape index (κ1) is 31.2. The molecule has 0 radical (unpaired) electrons. The summed E-state index contributed by atoms with van der Waals surface area (Å²) in [6.45, 7) is 2.15. The Morgan fingerprint density at radius 1 is 1.24 bits per heavy atom. The Kier molecular flexibility index (Phi) is 8.23. The summed E-state index contributed by atoms with van der Waals surface area (Å²) in [5.74, 6) is -7.73. The van der Waals surface area contributed by atoms with Crippen LogP contribution in [0.5, 0.6) is 0 Å². The van der Waals surface area contributed by atoms with Gasteiger partial charge in [0.15, 0.2) is 10.8 Å². The van der Waals surface area contributed by atoms with Crippen molar-refractivity contribution in [1.82, 2.24) is 20.1 Å².